The molecule has 0 aliphatic rings. The van der Waals surface area contributed by atoms with E-state index >= 15 is 0 Å². The SMILES string of the molecule is COc1ccc(CNC(=O)[C@@H](C)OC(=O)CSCc2c(C)noc2C)cc1. The van der Waals surface area contributed by atoms with Gasteiger partial charge in [0.1, 0.15) is 11.5 Å². The lowest BCUT2D eigenvalue weighted by molar-refractivity contribution is -0.152. The van der Waals surface area contributed by atoms with Crippen molar-refractivity contribution in [3.63, 3.8) is 0 Å². The first kappa shape index (κ1) is 20.8. The molecule has 0 fully saturated rings. The van der Waals surface area contributed by atoms with Gasteiger partial charge in [-0.15, -0.1) is 11.8 Å². The van der Waals surface area contributed by atoms with Crippen molar-refractivity contribution in [3.8, 4) is 5.75 Å². The van der Waals surface area contributed by atoms with Crippen LogP contribution in [0.25, 0.3) is 0 Å². The molecule has 0 radical (unpaired) electrons. The van der Waals surface area contributed by atoms with Crippen molar-refractivity contribution < 1.29 is 23.6 Å². The fourth-order valence-corrected chi connectivity index (χ4v) is 3.26. The van der Waals surface area contributed by atoms with Gasteiger partial charge in [-0.1, -0.05) is 17.3 Å². The Hall–Kier alpha value is -2.48. The van der Waals surface area contributed by atoms with Crippen molar-refractivity contribution in [2.24, 2.45) is 0 Å². The van der Waals surface area contributed by atoms with Crippen LogP contribution in [-0.2, 0) is 26.6 Å². The molecule has 1 heterocycles. The molecule has 1 aromatic carbocycles. The highest BCUT2D eigenvalue weighted by Crippen LogP contribution is 2.19. The van der Waals surface area contributed by atoms with E-state index in [9.17, 15) is 9.59 Å². The largest absolute Gasteiger partial charge is 0.497 e. The third kappa shape index (κ3) is 6.32. The van der Waals surface area contributed by atoms with Crippen LogP contribution in [0, 0.1) is 13.8 Å². The number of hydrogen-bond acceptors (Lipinski definition) is 7. The number of methoxy groups -OCH3 is 1. The van der Waals surface area contributed by atoms with E-state index in [1.807, 2.05) is 38.1 Å². The summed E-state index contributed by atoms with van der Waals surface area (Å²) < 4.78 is 15.4. The highest BCUT2D eigenvalue weighted by atomic mass is 32.2. The van der Waals surface area contributed by atoms with Crippen molar-refractivity contribution in [1.29, 1.82) is 0 Å². The maximum Gasteiger partial charge on any atom is 0.316 e. The molecule has 0 spiro atoms. The monoisotopic (exact) mass is 392 g/mol. The standard InChI is InChI=1S/C19H24N2O5S/c1-12-17(13(2)26-21-12)10-27-11-18(22)25-14(3)19(23)20-9-15-5-7-16(24-4)8-6-15/h5-8,14H,9-11H2,1-4H3,(H,20,23)/t14-/m1/s1. The molecule has 0 unspecified atom stereocenters. The molecular formula is C19H24N2O5S. The predicted molar refractivity (Wildman–Crippen MR) is 103 cm³/mol. The number of benzene rings is 1. The number of esters is 1. The quantitative estimate of drug-likeness (QED) is 0.656. The lowest BCUT2D eigenvalue weighted by Gasteiger charge is -2.13. The van der Waals surface area contributed by atoms with E-state index in [0.29, 0.717) is 12.3 Å². The Labute approximate surface area is 162 Å². The Kier molecular flexibility index (Phi) is 7.72. The van der Waals surface area contributed by atoms with Crippen LogP contribution in [0.4, 0.5) is 0 Å². The Balaban J connectivity index is 1.70. The van der Waals surface area contributed by atoms with Gasteiger partial charge in [0, 0.05) is 17.9 Å². The number of nitrogens with one attached hydrogen (secondary N) is 1. The molecule has 2 rings (SSSR count). The van der Waals surface area contributed by atoms with Crippen LogP contribution in [-0.4, -0.2) is 36.0 Å². The van der Waals surface area contributed by atoms with Crippen molar-refractivity contribution in [3.05, 3.63) is 46.8 Å². The van der Waals surface area contributed by atoms with Crippen molar-refractivity contribution in [1.82, 2.24) is 10.5 Å². The van der Waals surface area contributed by atoms with E-state index in [2.05, 4.69) is 10.5 Å². The van der Waals surface area contributed by atoms with Gasteiger partial charge < -0.3 is 19.3 Å². The fourth-order valence-electron chi connectivity index (χ4n) is 2.31. The number of hydrogen-bond donors (Lipinski definition) is 1. The fraction of sp³-hybridized carbons (Fsp3) is 0.421. The molecule has 1 aromatic heterocycles. The number of rotatable bonds is 9. The summed E-state index contributed by atoms with van der Waals surface area (Å²) in [6, 6.07) is 7.37. The lowest BCUT2D eigenvalue weighted by Crippen LogP contribution is -2.35. The maximum absolute atomic E-state index is 12.1. The molecular weight excluding hydrogens is 368 g/mol. The minimum absolute atomic E-state index is 0.153. The Bertz CT molecular complexity index is 753. The van der Waals surface area contributed by atoms with Crippen LogP contribution >= 0.6 is 11.8 Å². The number of thioether (sulfide) groups is 1. The van der Waals surface area contributed by atoms with Crippen LogP contribution in [0.3, 0.4) is 0 Å². The van der Waals surface area contributed by atoms with Gasteiger partial charge in [-0.2, -0.15) is 0 Å². The summed E-state index contributed by atoms with van der Waals surface area (Å²) in [5, 5.41) is 6.63. The van der Waals surface area contributed by atoms with Crippen LogP contribution in [0.1, 0.15) is 29.5 Å². The number of nitrogens with zero attached hydrogens (tertiary/aromatic N) is 1. The van der Waals surface area contributed by atoms with E-state index in [4.69, 9.17) is 14.0 Å². The highest BCUT2D eigenvalue weighted by molar-refractivity contribution is 7.99. The number of carbonyl (C=O) groups excluding carboxylic acids is 2. The van der Waals surface area contributed by atoms with Gasteiger partial charge in [-0.05, 0) is 38.5 Å². The molecule has 1 amide bonds. The first-order chi connectivity index (χ1) is 12.9. The minimum atomic E-state index is -0.851. The smallest absolute Gasteiger partial charge is 0.316 e. The maximum atomic E-state index is 12.1. The summed E-state index contributed by atoms with van der Waals surface area (Å²) in [4.78, 5) is 24.0. The predicted octanol–water partition coefficient (Wildman–Crippen LogP) is 2.78. The third-order valence-electron chi connectivity index (χ3n) is 3.95. The number of carbonyl (C=O) groups is 2. The Morgan fingerprint density at radius 3 is 2.56 bits per heavy atom. The van der Waals surface area contributed by atoms with Crippen LogP contribution in [0.5, 0.6) is 5.75 Å². The molecule has 0 aliphatic carbocycles. The second-order valence-corrected chi connectivity index (χ2v) is 6.98. The first-order valence-electron chi connectivity index (χ1n) is 8.50. The average Bonchev–Trinajstić information content (AvgIpc) is 2.98. The van der Waals surface area contributed by atoms with Gasteiger partial charge >= 0.3 is 5.97 Å². The van der Waals surface area contributed by atoms with Gasteiger partial charge in [-0.3, -0.25) is 9.59 Å². The average molecular weight is 392 g/mol. The summed E-state index contributed by atoms with van der Waals surface area (Å²) in [7, 11) is 1.60. The van der Waals surface area contributed by atoms with Crippen molar-refractivity contribution in [2.45, 2.75) is 39.2 Å². The molecule has 0 bridgehead atoms. The van der Waals surface area contributed by atoms with Gasteiger partial charge in [-0.25, -0.2) is 0 Å². The molecule has 7 nitrogen and oxygen atoms in total. The van der Waals surface area contributed by atoms with E-state index in [0.717, 1.165) is 28.3 Å². The van der Waals surface area contributed by atoms with Crippen molar-refractivity contribution >= 4 is 23.6 Å². The molecule has 0 aliphatic heterocycles. The van der Waals surface area contributed by atoms with Crippen LogP contribution in [0.15, 0.2) is 28.8 Å². The minimum Gasteiger partial charge on any atom is -0.497 e. The molecule has 1 atom stereocenters. The molecule has 146 valence electrons. The molecule has 1 N–H and O–H groups in total. The van der Waals surface area contributed by atoms with Gasteiger partial charge in [0.15, 0.2) is 6.10 Å². The first-order valence-corrected chi connectivity index (χ1v) is 9.65. The summed E-state index contributed by atoms with van der Waals surface area (Å²) in [6.07, 6.45) is -0.851. The topological polar surface area (TPSA) is 90.7 Å². The zero-order valence-electron chi connectivity index (χ0n) is 15.9. The summed E-state index contributed by atoms with van der Waals surface area (Å²) in [6.45, 7) is 5.61. The Morgan fingerprint density at radius 1 is 1.26 bits per heavy atom. The van der Waals surface area contributed by atoms with E-state index in [1.54, 1.807) is 14.0 Å². The van der Waals surface area contributed by atoms with E-state index < -0.39 is 12.1 Å². The second kappa shape index (κ2) is 10.0. The van der Waals surface area contributed by atoms with Gasteiger partial charge in [0.2, 0.25) is 0 Å². The summed E-state index contributed by atoms with van der Waals surface area (Å²) in [5.74, 6) is 1.49. The van der Waals surface area contributed by atoms with E-state index in [-0.39, 0.29) is 11.7 Å². The molecule has 2 aromatic rings. The second-order valence-electron chi connectivity index (χ2n) is 5.99. The van der Waals surface area contributed by atoms with Gasteiger partial charge in [0.25, 0.3) is 5.91 Å². The number of ether oxygens (including phenoxy) is 2. The van der Waals surface area contributed by atoms with Gasteiger partial charge in [0.05, 0.1) is 18.6 Å². The zero-order valence-corrected chi connectivity index (χ0v) is 16.7. The normalized spacial score (nSPS) is 11.7. The number of amides is 1. The zero-order chi connectivity index (χ0) is 19.8. The summed E-state index contributed by atoms with van der Waals surface area (Å²) >= 11 is 1.40. The lowest BCUT2D eigenvalue weighted by atomic mass is 10.2. The van der Waals surface area contributed by atoms with Crippen LogP contribution < -0.4 is 10.1 Å². The van der Waals surface area contributed by atoms with Crippen LogP contribution in [0.2, 0.25) is 0 Å². The summed E-state index contributed by atoms with van der Waals surface area (Å²) in [5.41, 5.74) is 2.73. The Morgan fingerprint density at radius 2 is 1.96 bits per heavy atom. The number of aromatic nitrogens is 1. The third-order valence-corrected chi connectivity index (χ3v) is 4.88. The molecule has 0 saturated carbocycles. The highest BCUT2D eigenvalue weighted by Gasteiger charge is 2.18. The molecule has 27 heavy (non-hydrogen) atoms. The van der Waals surface area contributed by atoms with E-state index in [1.165, 1.54) is 11.8 Å². The molecule has 0 saturated heterocycles. The molecule has 8 heteroatoms. The van der Waals surface area contributed by atoms with Crippen molar-refractivity contribution in [2.75, 3.05) is 12.9 Å². The number of aryl methyl sites for hydroxylation is 2.